The van der Waals surface area contributed by atoms with Gasteiger partial charge in [0.25, 0.3) is 5.91 Å². The molecule has 0 saturated carbocycles. The van der Waals surface area contributed by atoms with E-state index in [4.69, 9.17) is 31.5 Å². The van der Waals surface area contributed by atoms with Crippen LogP contribution in [0.2, 0.25) is 0 Å². The zero-order chi connectivity index (χ0) is 20.8. The van der Waals surface area contributed by atoms with Crippen LogP contribution in [0, 0.1) is 3.57 Å². The number of esters is 1. The summed E-state index contributed by atoms with van der Waals surface area (Å²) in [6, 6.07) is 3.39. The summed E-state index contributed by atoms with van der Waals surface area (Å²) in [5.41, 5.74) is 0.639. The number of hydrogen-bond donors (Lipinski definition) is 1. The van der Waals surface area contributed by atoms with Gasteiger partial charge in [0.1, 0.15) is 10.9 Å². The highest BCUT2D eigenvalue weighted by molar-refractivity contribution is 14.1. The van der Waals surface area contributed by atoms with Gasteiger partial charge < -0.3 is 19.3 Å². The van der Waals surface area contributed by atoms with E-state index in [1.165, 1.54) is 7.11 Å². The van der Waals surface area contributed by atoms with E-state index in [9.17, 15) is 14.4 Å². The first-order chi connectivity index (χ1) is 13.3. The number of nitrogens with zero attached hydrogens (tertiary/aromatic N) is 1. The topological polar surface area (TPSA) is 102 Å². The SMILES string of the molecule is CCOC(=O)COc1c(I)cc(/C=C2\SC(=S)N(CC(=O)O)C2=O)cc1OC. The number of hydrogen-bond acceptors (Lipinski definition) is 8. The van der Waals surface area contributed by atoms with Crippen LogP contribution in [0.25, 0.3) is 6.08 Å². The van der Waals surface area contributed by atoms with Gasteiger partial charge in [-0.2, -0.15) is 0 Å². The van der Waals surface area contributed by atoms with Gasteiger partial charge in [0.05, 0.1) is 22.2 Å². The van der Waals surface area contributed by atoms with Gasteiger partial charge >= 0.3 is 11.9 Å². The van der Waals surface area contributed by atoms with Crippen LogP contribution in [0.1, 0.15) is 12.5 Å². The van der Waals surface area contributed by atoms with Crippen LogP contribution < -0.4 is 9.47 Å². The number of thioether (sulfide) groups is 1. The third-order valence-corrected chi connectivity index (χ3v) is 5.54. The molecule has 0 bridgehead atoms. The van der Waals surface area contributed by atoms with Crippen molar-refractivity contribution in [2.75, 3.05) is 26.9 Å². The fraction of sp³-hybridized carbons (Fsp3) is 0.294. The zero-order valence-corrected chi connectivity index (χ0v) is 18.7. The summed E-state index contributed by atoms with van der Waals surface area (Å²) in [5.74, 6) is -1.34. The third kappa shape index (κ3) is 5.58. The molecule has 150 valence electrons. The number of carboxylic acids is 1. The van der Waals surface area contributed by atoms with Gasteiger partial charge in [-0.3, -0.25) is 14.5 Å². The van der Waals surface area contributed by atoms with Crippen molar-refractivity contribution >= 4 is 74.8 Å². The molecule has 0 aromatic heterocycles. The molecule has 0 spiro atoms. The van der Waals surface area contributed by atoms with Crippen molar-refractivity contribution in [2.45, 2.75) is 6.92 Å². The molecule has 1 saturated heterocycles. The predicted molar refractivity (Wildman–Crippen MR) is 115 cm³/mol. The van der Waals surface area contributed by atoms with Gasteiger partial charge in [-0.1, -0.05) is 24.0 Å². The molecule has 0 aliphatic carbocycles. The van der Waals surface area contributed by atoms with E-state index in [-0.39, 0.29) is 17.5 Å². The van der Waals surface area contributed by atoms with Crippen LogP contribution in [-0.2, 0) is 19.1 Å². The number of methoxy groups -OCH3 is 1. The van der Waals surface area contributed by atoms with Gasteiger partial charge in [-0.05, 0) is 53.3 Å². The molecule has 1 N–H and O–H groups in total. The Morgan fingerprint density at radius 3 is 2.71 bits per heavy atom. The molecule has 1 aliphatic rings. The molecular formula is C17H16INO7S2. The Hall–Kier alpha value is -1.86. The number of halogens is 1. The molecule has 1 aliphatic heterocycles. The molecule has 1 aromatic carbocycles. The zero-order valence-electron chi connectivity index (χ0n) is 14.9. The van der Waals surface area contributed by atoms with E-state index < -0.39 is 24.4 Å². The summed E-state index contributed by atoms with van der Waals surface area (Å²) in [5, 5.41) is 8.90. The van der Waals surface area contributed by atoms with Gasteiger partial charge in [0, 0.05) is 0 Å². The van der Waals surface area contributed by atoms with Crippen molar-refractivity contribution in [2.24, 2.45) is 0 Å². The minimum absolute atomic E-state index is 0.190. The smallest absolute Gasteiger partial charge is 0.344 e. The first kappa shape index (κ1) is 22.4. The number of aliphatic carboxylic acids is 1. The van der Waals surface area contributed by atoms with Crippen molar-refractivity contribution < 1.29 is 33.7 Å². The molecular weight excluding hydrogens is 521 g/mol. The first-order valence-corrected chi connectivity index (χ1v) is 10.2. The Morgan fingerprint density at radius 2 is 2.11 bits per heavy atom. The number of benzene rings is 1. The van der Waals surface area contributed by atoms with Crippen LogP contribution >= 0.6 is 46.6 Å². The van der Waals surface area contributed by atoms with E-state index in [1.54, 1.807) is 25.1 Å². The average Bonchev–Trinajstić information content (AvgIpc) is 2.87. The van der Waals surface area contributed by atoms with Gasteiger partial charge in [0.2, 0.25) is 0 Å². The Balaban J connectivity index is 2.25. The second-order valence-electron chi connectivity index (χ2n) is 5.29. The minimum Gasteiger partial charge on any atom is -0.493 e. The standard InChI is InChI=1S/C17H16INO7S2/c1-3-25-14(22)8-26-15-10(18)4-9(5-11(15)24-2)6-12-16(23)19(7-13(20)21)17(27)28-12/h4-6H,3,7-8H2,1-2H3,(H,20,21)/b12-6-. The van der Waals surface area contributed by atoms with Crippen LogP contribution in [0.3, 0.4) is 0 Å². The maximum atomic E-state index is 12.4. The van der Waals surface area contributed by atoms with E-state index in [2.05, 4.69) is 0 Å². The summed E-state index contributed by atoms with van der Waals surface area (Å²) >= 11 is 8.14. The largest absolute Gasteiger partial charge is 0.493 e. The predicted octanol–water partition coefficient (Wildman–Crippen LogP) is 2.53. The number of carbonyl (C=O) groups excluding carboxylic acids is 2. The summed E-state index contributed by atoms with van der Waals surface area (Å²) in [7, 11) is 1.46. The van der Waals surface area contributed by atoms with E-state index >= 15 is 0 Å². The van der Waals surface area contributed by atoms with Crippen LogP contribution in [0.15, 0.2) is 17.0 Å². The number of carbonyl (C=O) groups is 3. The van der Waals surface area contributed by atoms with E-state index in [1.807, 2.05) is 22.6 Å². The summed E-state index contributed by atoms with van der Waals surface area (Å²) in [6.07, 6.45) is 1.60. The maximum Gasteiger partial charge on any atom is 0.344 e. The summed E-state index contributed by atoms with van der Waals surface area (Å²) in [6.45, 7) is 1.22. The van der Waals surface area contributed by atoms with E-state index in [0.717, 1.165) is 16.7 Å². The second-order valence-corrected chi connectivity index (χ2v) is 8.13. The third-order valence-electron chi connectivity index (χ3n) is 3.36. The summed E-state index contributed by atoms with van der Waals surface area (Å²) in [4.78, 5) is 36.1. The van der Waals surface area contributed by atoms with Crippen molar-refractivity contribution in [3.8, 4) is 11.5 Å². The average molecular weight is 537 g/mol. The van der Waals surface area contributed by atoms with Crippen molar-refractivity contribution in [3.05, 3.63) is 26.2 Å². The Morgan fingerprint density at radius 1 is 1.39 bits per heavy atom. The quantitative estimate of drug-likeness (QED) is 0.232. The van der Waals surface area contributed by atoms with Gasteiger partial charge in [0.15, 0.2) is 18.1 Å². The Bertz CT molecular complexity index is 856. The highest BCUT2D eigenvalue weighted by Crippen LogP contribution is 2.37. The lowest BCUT2D eigenvalue weighted by atomic mass is 10.2. The second kappa shape index (κ2) is 10.1. The van der Waals surface area contributed by atoms with Crippen LogP contribution in [-0.4, -0.2) is 59.0 Å². The van der Waals surface area contributed by atoms with Crippen molar-refractivity contribution in [3.63, 3.8) is 0 Å². The number of ether oxygens (including phenoxy) is 3. The highest BCUT2D eigenvalue weighted by atomic mass is 127. The van der Waals surface area contributed by atoms with Crippen molar-refractivity contribution in [1.29, 1.82) is 0 Å². The molecule has 0 unspecified atom stereocenters. The molecule has 2 rings (SSSR count). The summed E-state index contributed by atoms with van der Waals surface area (Å²) < 4.78 is 16.5. The van der Waals surface area contributed by atoms with Crippen LogP contribution in [0.4, 0.5) is 0 Å². The molecule has 0 atom stereocenters. The lowest BCUT2D eigenvalue weighted by molar-refractivity contribution is -0.145. The number of carboxylic acid groups (broad SMARTS) is 1. The highest BCUT2D eigenvalue weighted by Gasteiger charge is 2.33. The molecule has 1 fully saturated rings. The molecule has 1 heterocycles. The Kier molecular flexibility index (Phi) is 8.07. The van der Waals surface area contributed by atoms with Gasteiger partial charge in [-0.25, -0.2) is 4.79 Å². The lowest BCUT2D eigenvalue weighted by Crippen LogP contribution is -2.33. The van der Waals surface area contributed by atoms with Gasteiger partial charge in [-0.15, -0.1) is 0 Å². The minimum atomic E-state index is -1.14. The number of thiocarbonyl (C=S) groups is 1. The van der Waals surface area contributed by atoms with Crippen molar-refractivity contribution in [1.82, 2.24) is 4.90 Å². The molecule has 0 radical (unpaired) electrons. The number of rotatable bonds is 8. The van der Waals surface area contributed by atoms with E-state index in [0.29, 0.717) is 25.5 Å². The molecule has 8 nitrogen and oxygen atoms in total. The normalized spacial score (nSPS) is 15.1. The Labute approximate surface area is 184 Å². The molecule has 1 aromatic rings. The molecule has 28 heavy (non-hydrogen) atoms. The fourth-order valence-corrected chi connectivity index (χ4v) is 4.26. The first-order valence-electron chi connectivity index (χ1n) is 7.90. The number of amides is 1. The fourth-order valence-electron chi connectivity index (χ4n) is 2.22. The molecule has 1 amide bonds. The lowest BCUT2D eigenvalue weighted by Gasteiger charge is -2.13. The monoisotopic (exact) mass is 537 g/mol. The molecule has 11 heteroatoms. The maximum absolute atomic E-state index is 12.4. The van der Waals surface area contributed by atoms with Crippen LogP contribution in [0.5, 0.6) is 11.5 Å².